The molecule has 1 aromatic heterocycles. The Bertz CT molecular complexity index is 1250. The van der Waals surface area contributed by atoms with Gasteiger partial charge < -0.3 is 11.1 Å². The molecule has 0 spiro atoms. The smallest absolute Gasteiger partial charge is 0.269 e. The molecule has 1 heterocycles. The number of aromatic nitrogens is 2. The largest absolute Gasteiger partial charge is 0.364 e. The van der Waals surface area contributed by atoms with Gasteiger partial charge in [-0.3, -0.25) is 14.2 Å². The minimum atomic E-state index is -0.698. The maximum Gasteiger partial charge on any atom is 0.269 e. The number of primary amides is 1. The van der Waals surface area contributed by atoms with Crippen molar-refractivity contribution in [3.05, 3.63) is 69.3 Å². The predicted molar refractivity (Wildman–Crippen MR) is 131 cm³/mol. The van der Waals surface area contributed by atoms with Crippen LogP contribution in [0.4, 0.5) is 4.39 Å². The van der Waals surface area contributed by atoms with Crippen molar-refractivity contribution in [2.75, 3.05) is 0 Å². The highest BCUT2D eigenvalue weighted by atomic mass is 35.5. The average molecular weight is 503 g/mol. The van der Waals surface area contributed by atoms with Gasteiger partial charge in [0.05, 0.1) is 16.4 Å². The number of nitrogens with two attached hydrogens (primary N) is 1. The van der Waals surface area contributed by atoms with Crippen molar-refractivity contribution in [2.45, 2.75) is 51.5 Å². The first kappa shape index (κ1) is 24.2. The standard InChI is InChI=1S/C25H25Cl2FN4O2/c1-14(33)30-13-17-7-9-18(26)12-21(17)32-23(16-8-10-20(28)19(27)11-16)22(24(29)34)31-25(32)15-5-3-2-4-6-15/h7-12,15H,2-6,13H2,1H3,(H2,29,34)(H,30,33). The molecule has 0 atom stereocenters. The number of carbonyl (C=O) groups is 2. The summed E-state index contributed by atoms with van der Waals surface area (Å²) in [5, 5.41) is 3.22. The number of rotatable bonds is 6. The highest BCUT2D eigenvalue weighted by Gasteiger charge is 2.30. The number of carbonyl (C=O) groups excluding carboxylic acids is 2. The van der Waals surface area contributed by atoms with Crippen LogP contribution in [0.15, 0.2) is 36.4 Å². The molecule has 4 rings (SSSR count). The number of imidazole rings is 1. The maximum absolute atomic E-state index is 14.0. The van der Waals surface area contributed by atoms with Crippen molar-refractivity contribution in [3.8, 4) is 16.9 Å². The molecule has 0 bridgehead atoms. The summed E-state index contributed by atoms with van der Waals surface area (Å²) in [6.07, 6.45) is 5.08. The van der Waals surface area contributed by atoms with Crippen LogP contribution in [0, 0.1) is 5.82 Å². The molecule has 0 aliphatic heterocycles. The number of hydrogen-bond donors (Lipinski definition) is 2. The molecule has 1 saturated carbocycles. The third-order valence-corrected chi connectivity index (χ3v) is 6.64. The third-order valence-electron chi connectivity index (χ3n) is 6.12. The Morgan fingerprint density at radius 1 is 1.15 bits per heavy atom. The fourth-order valence-corrected chi connectivity index (χ4v) is 4.86. The fourth-order valence-electron chi connectivity index (χ4n) is 4.51. The number of nitrogens with one attached hydrogen (secondary N) is 1. The summed E-state index contributed by atoms with van der Waals surface area (Å²) in [6.45, 7) is 1.69. The van der Waals surface area contributed by atoms with Crippen LogP contribution in [-0.4, -0.2) is 21.4 Å². The van der Waals surface area contributed by atoms with Gasteiger partial charge in [0, 0.05) is 30.0 Å². The van der Waals surface area contributed by atoms with Gasteiger partial charge in [0.15, 0.2) is 5.69 Å². The summed E-state index contributed by atoms with van der Waals surface area (Å²) in [5.41, 5.74) is 8.21. The lowest BCUT2D eigenvalue weighted by molar-refractivity contribution is -0.119. The van der Waals surface area contributed by atoms with Crippen LogP contribution < -0.4 is 11.1 Å². The van der Waals surface area contributed by atoms with Crippen LogP contribution >= 0.6 is 23.2 Å². The molecule has 9 heteroatoms. The van der Waals surface area contributed by atoms with Crippen LogP contribution in [-0.2, 0) is 11.3 Å². The topological polar surface area (TPSA) is 90.0 Å². The Hall–Kier alpha value is -2.90. The lowest BCUT2D eigenvalue weighted by Crippen LogP contribution is -2.21. The number of amides is 2. The summed E-state index contributed by atoms with van der Waals surface area (Å²) < 4.78 is 15.9. The first-order valence-corrected chi connectivity index (χ1v) is 11.9. The predicted octanol–water partition coefficient (Wildman–Crippen LogP) is 5.77. The molecule has 0 saturated heterocycles. The monoisotopic (exact) mass is 502 g/mol. The van der Waals surface area contributed by atoms with Crippen LogP contribution in [0.1, 0.15) is 66.8 Å². The molecule has 2 aromatic carbocycles. The van der Waals surface area contributed by atoms with E-state index in [9.17, 15) is 14.0 Å². The van der Waals surface area contributed by atoms with Crippen molar-refractivity contribution in [1.82, 2.24) is 14.9 Å². The summed E-state index contributed by atoms with van der Waals surface area (Å²) in [5.74, 6) is -0.655. The Kier molecular flexibility index (Phi) is 7.24. The second-order valence-corrected chi connectivity index (χ2v) is 9.36. The zero-order valence-electron chi connectivity index (χ0n) is 18.7. The Morgan fingerprint density at radius 2 is 1.88 bits per heavy atom. The van der Waals surface area contributed by atoms with Gasteiger partial charge in [-0.1, -0.05) is 48.5 Å². The summed E-state index contributed by atoms with van der Waals surface area (Å²) in [4.78, 5) is 28.9. The summed E-state index contributed by atoms with van der Waals surface area (Å²) in [6, 6.07) is 9.58. The maximum atomic E-state index is 14.0. The molecule has 1 fully saturated rings. The highest BCUT2D eigenvalue weighted by Crippen LogP contribution is 2.39. The molecule has 34 heavy (non-hydrogen) atoms. The van der Waals surface area contributed by atoms with Crippen molar-refractivity contribution in [3.63, 3.8) is 0 Å². The zero-order chi connectivity index (χ0) is 24.4. The second kappa shape index (κ2) is 10.2. The van der Waals surface area contributed by atoms with E-state index in [0.717, 1.165) is 37.7 Å². The van der Waals surface area contributed by atoms with Crippen LogP contribution in [0.25, 0.3) is 16.9 Å². The second-order valence-electron chi connectivity index (χ2n) is 8.51. The van der Waals surface area contributed by atoms with E-state index < -0.39 is 11.7 Å². The summed E-state index contributed by atoms with van der Waals surface area (Å²) in [7, 11) is 0. The number of halogens is 3. The quantitative estimate of drug-likeness (QED) is 0.448. The van der Waals surface area contributed by atoms with Gasteiger partial charge in [0.2, 0.25) is 5.91 Å². The minimum absolute atomic E-state index is 0.0775. The van der Waals surface area contributed by atoms with Gasteiger partial charge in [-0.2, -0.15) is 0 Å². The third kappa shape index (κ3) is 4.95. The molecule has 0 unspecified atom stereocenters. The lowest BCUT2D eigenvalue weighted by atomic mass is 9.88. The van der Waals surface area contributed by atoms with Crippen molar-refractivity contribution in [1.29, 1.82) is 0 Å². The zero-order valence-corrected chi connectivity index (χ0v) is 20.2. The van der Waals surface area contributed by atoms with E-state index in [1.807, 2.05) is 10.6 Å². The minimum Gasteiger partial charge on any atom is -0.364 e. The van der Waals surface area contributed by atoms with E-state index in [0.29, 0.717) is 27.8 Å². The Labute approximate surface area is 207 Å². The number of benzene rings is 2. The average Bonchev–Trinajstić information content (AvgIpc) is 3.21. The van der Waals surface area contributed by atoms with E-state index >= 15 is 0 Å². The highest BCUT2D eigenvalue weighted by molar-refractivity contribution is 6.31. The first-order valence-electron chi connectivity index (χ1n) is 11.2. The van der Waals surface area contributed by atoms with E-state index in [1.165, 1.54) is 19.1 Å². The van der Waals surface area contributed by atoms with Crippen molar-refractivity contribution >= 4 is 35.0 Å². The molecule has 2 amide bonds. The van der Waals surface area contributed by atoms with Gasteiger partial charge in [0.1, 0.15) is 11.6 Å². The fraction of sp³-hybridized carbons (Fsp3) is 0.320. The van der Waals surface area contributed by atoms with Crippen LogP contribution in [0.2, 0.25) is 10.0 Å². The van der Waals surface area contributed by atoms with Crippen LogP contribution in [0.3, 0.4) is 0 Å². The number of nitrogens with zero attached hydrogens (tertiary/aromatic N) is 2. The molecule has 3 aromatic rings. The lowest BCUT2D eigenvalue weighted by Gasteiger charge is -2.24. The van der Waals surface area contributed by atoms with E-state index in [1.54, 1.807) is 18.2 Å². The molecule has 178 valence electrons. The van der Waals surface area contributed by atoms with E-state index in [4.69, 9.17) is 33.9 Å². The Balaban J connectivity index is 2.03. The summed E-state index contributed by atoms with van der Waals surface area (Å²) >= 11 is 12.5. The molecule has 0 radical (unpaired) electrons. The van der Waals surface area contributed by atoms with Crippen LogP contribution in [0.5, 0.6) is 0 Å². The van der Waals surface area contributed by atoms with Crippen molar-refractivity contribution in [2.24, 2.45) is 5.73 Å². The SMILES string of the molecule is CC(=O)NCc1ccc(Cl)cc1-n1c(C2CCCCC2)nc(C(N)=O)c1-c1ccc(F)c(Cl)c1. The molecular formula is C25H25Cl2FN4O2. The van der Waals surface area contributed by atoms with E-state index in [2.05, 4.69) is 5.32 Å². The number of hydrogen-bond acceptors (Lipinski definition) is 3. The normalized spacial score (nSPS) is 14.2. The van der Waals surface area contributed by atoms with Gasteiger partial charge in [-0.15, -0.1) is 0 Å². The molecular weight excluding hydrogens is 478 g/mol. The van der Waals surface area contributed by atoms with Gasteiger partial charge in [-0.05, 0) is 48.7 Å². The van der Waals surface area contributed by atoms with Crippen molar-refractivity contribution < 1.29 is 14.0 Å². The Morgan fingerprint density at radius 3 is 2.53 bits per heavy atom. The first-order chi connectivity index (χ1) is 16.3. The van der Waals surface area contributed by atoms with E-state index in [-0.39, 0.29) is 29.1 Å². The van der Waals surface area contributed by atoms with Gasteiger partial charge >= 0.3 is 0 Å². The molecule has 3 N–H and O–H groups in total. The molecule has 6 nitrogen and oxygen atoms in total. The molecule has 1 aliphatic rings. The van der Waals surface area contributed by atoms with Gasteiger partial charge in [0.25, 0.3) is 5.91 Å². The molecule has 1 aliphatic carbocycles. The van der Waals surface area contributed by atoms with Gasteiger partial charge in [-0.25, -0.2) is 9.37 Å².